The number of nitrogens with zero attached hydrogens (tertiary/aromatic N) is 3. The normalized spacial score (nSPS) is 21.4. The van der Waals surface area contributed by atoms with Gasteiger partial charge in [0.1, 0.15) is 0 Å². The van der Waals surface area contributed by atoms with E-state index in [4.69, 9.17) is 0 Å². The molecule has 12 heavy (non-hydrogen) atoms. The van der Waals surface area contributed by atoms with Crippen LogP contribution in [-0.4, -0.2) is 34.6 Å². The van der Waals surface area contributed by atoms with Crippen LogP contribution < -0.4 is 0 Å². The number of rotatable bonds is 1. The molecule has 1 aromatic rings. The Labute approximate surface area is 73.0 Å². The highest BCUT2D eigenvalue weighted by molar-refractivity contribution is 4.83. The van der Waals surface area contributed by atoms with E-state index in [0.29, 0.717) is 6.04 Å². The summed E-state index contributed by atoms with van der Waals surface area (Å²) in [5.74, 6) is 0. The molecule has 0 spiro atoms. The maximum Gasteiger partial charge on any atom is 0.0948 e. The maximum absolute atomic E-state index is 4.07. The smallest absolute Gasteiger partial charge is 0.0948 e. The van der Waals surface area contributed by atoms with Gasteiger partial charge in [0.05, 0.1) is 6.33 Å². The van der Waals surface area contributed by atoms with Crippen molar-refractivity contribution in [1.29, 1.82) is 0 Å². The molecule has 2 rings (SSSR count). The molecule has 1 aromatic heterocycles. The van der Waals surface area contributed by atoms with Crippen molar-refractivity contribution < 1.29 is 0 Å². The molecule has 0 bridgehead atoms. The molecule has 0 unspecified atom stereocenters. The van der Waals surface area contributed by atoms with E-state index >= 15 is 0 Å². The Morgan fingerprint density at radius 1 is 1.33 bits per heavy atom. The third kappa shape index (κ3) is 1.50. The Morgan fingerprint density at radius 3 is 2.67 bits per heavy atom. The van der Waals surface area contributed by atoms with E-state index in [0.717, 1.165) is 0 Å². The first kappa shape index (κ1) is 7.80. The molecular formula is C9H15N3. The predicted molar refractivity (Wildman–Crippen MR) is 48.0 cm³/mol. The molecule has 2 heterocycles. The van der Waals surface area contributed by atoms with Gasteiger partial charge in [0.25, 0.3) is 0 Å². The summed E-state index contributed by atoms with van der Waals surface area (Å²) >= 11 is 0. The standard InChI is InChI=1S/C9H15N3/c1-11-5-2-9(3-6-11)12-7-4-10-8-12/h4,7-9H,2-3,5-6H2,1H3. The zero-order valence-electron chi connectivity index (χ0n) is 7.48. The van der Waals surface area contributed by atoms with Gasteiger partial charge < -0.3 is 9.47 Å². The summed E-state index contributed by atoms with van der Waals surface area (Å²) in [5, 5.41) is 0. The molecule has 0 aromatic carbocycles. The largest absolute Gasteiger partial charge is 0.334 e. The number of likely N-dealkylation sites (tertiary alicyclic amines) is 1. The lowest BCUT2D eigenvalue weighted by molar-refractivity contribution is 0.221. The quantitative estimate of drug-likeness (QED) is 0.622. The fourth-order valence-corrected chi connectivity index (χ4v) is 1.78. The Bertz CT molecular complexity index is 222. The van der Waals surface area contributed by atoms with Crippen LogP contribution in [0.2, 0.25) is 0 Å². The minimum Gasteiger partial charge on any atom is -0.334 e. The molecule has 0 atom stereocenters. The van der Waals surface area contributed by atoms with E-state index in [1.807, 2.05) is 12.5 Å². The van der Waals surface area contributed by atoms with Crippen molar-refractivity contribution in [1.82, 2.24) is 14.5 Å². The van der Waals surface area contributed by atoms with Gasteiger partial charge >= 0.3 is 0 Å². The van der Waals surface area contributed by atoms with Gasteiger partial charge in [-0.3, -0.25) is 0 Å². The van der Waals surface area contributed by atoms with Gasteiger partial charge in [0, 0.05) is 18.4 Å². The predicted octanol–water partition coefficient (Wildman–Crippen LogP) is 1.15. The van der Waals surface area contributed by atoms with E-state index in [2.05, 4.69) is 27.7 Å². The zero-order chi connectivity index (χ0) is 8.39. The number of hydrogen-bond acceptors (Lipinski definition) is 2. The van der Waals surface area contributed by atoms with Crippen LogP contribution in [0.4, 0.5) is 0 Å². The van der Waals surface area contributed by atoms with Gasteiger partial charge in [-0.25, -0.2) is 4.98 Å². The second kappa shape index (κ2) is 3.27. The van der Waals surface area contributed by atoms with Crippen LogP contribution in [0.1, 0.15) is 18.9 Å². The molecule has 3 nitrogen and oxygen atoms in total. The molecule has 1 fully saturated rings. The van der Waals surface area contributed by atoms with Crippen LogP contribution in [0.3, 0.4) is 0 Å². The number of imidazole rings is 1. The van der Waals surface area contributed by atoms with Crippen molar-refractivity contribution in [3.8, 4) is 0 Å². The molecule has 1 aliphatic rings. The number of piperidine rings is 1. The zero-order valence-corrected chi connectivity index (χ0v) is 7.48. The van der Waals surface area contributed by atoms with Crippen molar-refractivity contribution >= 4 is 0 Å². The molecular weight excluding hydrogens is 150 g/mol. The Kier molecular flexibility index (Phi) is 2.13. The first-order valence-electron chi connectivity index (χ1n) is 4.52. The minimum absolute atomic E-state index is 0.684. The SMILES string of the molecule is CN1CCC(n2ccnc2)CC1. The Hall–Kier alpha value is -0.830. The van der Waals surface area contributed by atoms with Gasteiger partial charge in [0.15, 0.2) is 0 Å². The fourth-order valence-electron chi connectivity index (χ4n) is 1.78. The van der Waals surface area contributed by atoms with E-state index in [1.165, 1.54) is 25.9 Å². The van der Waals surface area contributed by atoms with Crippen LogP contribution >= 0.6 is 0 Å². The average molecular weight is 165 g/mol. The molecule has 1 aliphatic heterocycles. The van der Waals surface area contributed by atoms with Gasteiger partial charge in [-0.05, 0) is 33.0 Å². The highest BCUT2D eigenvalue weighted by Gasteiger charge is 2.16. The monoisotopic (exact) mass is 165 g/mol. The summed E-state index contributed by atoms with van der Waals surface area (Å²) in [6.07, 6.45) is 8.37. The summed E-state index contributed by atoms with van der Waals surface area (Å²) in [5.41, 5.74) is 0. The van der Waals surface area contributed by atoms with E-state index in [9.17, 15) is 0 Å². The van der Waals surface area contributed by atoms with Crippen molar-refractivity contribution in [3.05, 3.63) is 18.7 Å². The highest BCUT2D eigenvalue weighted by atomic mass is 15.1. The first-order valence-corrected chi connectivity index (χ1v) is 4.52. The van der Waals surface area contributed by atoms with Gasteiger partial charge in [-0.2, -0.15) is 0 Å². The van der Waals surface area contributed by atoms with Gasteiger partial charge in [0.2, 0.25) is 0 Å². The molecule has 1 saturated heterocycles. The Morgan fingerprint density at radius 2 is 2.08 bits per heavy atom. The van der Waals surface area contributed by atoms with Crippen LogP contribution in [-0.2, 0) is 0 Å². The molecule has 0 N–H and O–H groups in total. The lowest BCUT2D eigenvalue weighted by Crippen LogP contribution is -2.31. The van der Waals surface area contributed by atoms with Crippen molar-refractivity contribution in [2.24, 2.45) is 0 Å². The number of aromatic nitrogens is 2. The van der Waals surface area contributed by atoms with Crippen LogP contribution in [0.15, 0.2) is 18.7 Å². The summed E-state index contributed by atoms with van der Waals surface area (Å²) in [6.45, 7) is 2.42. The molecule has 0 amide bonds. The maximum atomic E-state index is 4.07. The molecule has 0 aliphatic carbocycles. The van der Waals surface area contributed by atoms with Gasteiger partial charge in [-0.15, -0.1) is 0 Å². The third-order valence-electron chi connectivity index (χ3n) is 2.63. The summed E-state index contributed by atoms with van der Waals surface area (Å²) in [6, 6.07) is 0.684. The topological polar surface area (TPSA) is 21.1 Å². The molecule has 3 heteroatoms. The minimum atomic E-state index is 0.684. The van der Waals surface area contributed by atoms with Crippen molar-refractivity contribution in [2.45, 2.75) is 18.9 Å². The van der Waals surface area contributed by atoms with Crippen molar-refractivity contribution in [2.75, 3.05) is 20.1 Å². The van der Waals surface area contributed by atoms with Gasteiger partial charge in [-0.1, -0.05) is 0 Å². The van der Waals surface area contributed by atoms with E-state index in [1.54, 1.807) is 0 Å². The molecule has 0 radical (unpaired) electrons. The average Bonchev–Trinajstić information content (AvgIpc) is 2.58. The third-order valence-corrected chi connectivity index (χ3v) is 2.63. The highest BCUT2D eigenvalue weighted by Crippen LogP contribution is 2.20. The summed E-state index contributed by atoms with van der Waals surface area (Å²) in [4.78, 5) is 6.45. The van der Waals surface area contributed by atoms with E-state index < -0.39 is 0 Å². The van der Waals surface area contributed by atoms with Crippen molar-refractivity contribution in [3.63, 3.8) is 0 Å². The first-order chi connectivity index (χ1) is 5.86. The lowest BCUT2D eigenvalue weighted by Gasteiger charge is -2.29. The van der Waals surface area contributed by atoms with E-state index in [-0.39, 0.29) is 0 Å². The van der Waals surface area contributed by atoms with Crippen LogP contribution in [0, 0.1) is 0 Å². The number of hydrogen-bond donors (Lipinski definition) is 0. The second-order valence-corrected chi connectivity index (χ2v) is 3.54. The summed E-state index contributed by atoms with van der Waals surface area (Å²) < 4.78 is 2.23. The Balaban J connectivity index is 1.99. The molecule has 0 saturated carbocycles. The van der Waals surface area contributed by atoms with Crippen LogP contribution in [0.25, 0.3) is 0 Å². The molecule has 66 valence electrons. The second-order valence-electron chi connectivity index (χ2n) is 3.54. The fraction of sp³-hybridized carbons (Fsp3) is 0.667. The summed E-state index contributed by atoms with van der Waals surface area (Å²) in [7, 11) is 2.18. The van der Waals surface area contributed by atoms with Crippen LogP contribution in [0.5, 0.6) is 0 Å². The lowest BCUT2D eigenvalue weighted by atomic mass is 10.1.